The lowest BCUT2D eigenvalue weighted by atomic mass is 9.94. The SMILES string of the molecule is COC(=O)C1=C[C@@H](CNC(=O)[C@@]2(C)CC(c3cc(F)cc(F)c3)=NO2)CC1.S.[HH]. The minimum absolute atomic E-state index is 0. The van der Waals surface area contributed by atoms with E-state index < -0.39 is 17.2 Å². The van der Waals surface area contributed by atoms with Crippen LogP contribution in [-0.4, -0.2) is 36.8 Å². The molecular formula is C19H24F2N2O4S. The Hall–Kier alpha value is -2.42. The van der Waals surface area contributed by atoms with E-state index in [1.165, 1.54) is 7.11 Å². The van der Waals surface area contributed by atoms with Crippen molar-refractivity contribution < 1.29 is 29.4 Å². The molecule has 2 aliphatic rings. The van der Waals surface area contributed by atoms with Gasteiger partial charge in [-0.05, 0) is 37.8 Å². The molecule has 0 saturated carbocycles. The molecule has 0 spiro atoms. The van der Waals surface area contributed by atoms with Crippen LogP contribution in [0.3, 0.4) is 0 Å². The summed E-state index contributed by atoms with van der Waals surface area (Å²) in [6.45, 7) is 1.92. The number of ether oxygens (including phenoxy) is 1. The first-order valence-corrected chi connectivity index (χ1v) is 8.59. The van der Waals surface area contributed by atoms with E-state index in [-0.39, 0.29) is 44.7 Å². The van der Waals surface area contributed by atoms with E-state index in [1.54, 1.807) is 13.0 Å². The molecule has 1 aromatic carbocycles. The predicted molar refractivity (Wildman–Crippen MR) is 105 cm³/mol. The summed E-state index contributed by atoms with van der Waals surface area (Å²) in [4.78, 5) is 29.3. The van der Waals surface area contributed by atoms with E-state index in [2.05, 4.69) is 10.5 Å². The van der Waals surface area contributed by atoms with Crippen molar-refractivity contribution in [1.29, 1.82) is 0 Å². The zero-order valence-electron chi connectivity index (χ0n) is 15.6. The van der Waals surface area contributed by atoms with Gasteiger partial charge in [-0.25, -0.2) is 13.6 Å². The molecule has 0 aromatic heterocycles. The molecule has 1 N–H and O–H groups in total. The van der Waals surface area contributed by atoms with Gasteiger partial charge in [-0.3, -0.25) is 4.79 Å². The van der Waals surface area contributed by atoms with Crippen molar-refractivity contribution in [3.8, 4) is 0 Å². The number of oxime groups is 1. The van der Waals surface area contributed by atoms with Crippen LogP contribution >= 0.6 is 13.5 Å². The first kappa shape index (κ1) is 21.9. The topological polar surface area (TPSA) is 77.0 Å². The zero-order valence-corrected chi connectivity index (χ0v) is 16.6. The third kappa shape index (κ3) is 4.70. The van der Waals surface area contributed by atoms with Crippen molar-refractivity contribution >= 4 is 31.1 Å². The molecule has 1 heterocycles. The van der Waals surface area contributed by atoms with Crippen LogP contribution in [0.1, 0.15) is 33.2 Å². The fourth-order valence-corrected chi connectivity index (χ4v) is 3.20. The Kier molecular flexibility index (Phi) is 6.82. The number of carbonyl (C=O) groups excluding carboxylic acids is 2. The molecule has 0 bridgehead atoms. The van der Waals surface area contributed by atoms with Crippen LogP contribution in [0.5, 0.6) is 0 Å². The van der Waals surface area contributed by atoms with Gasteiger partial charge in [0.2, 0.25) is 5.60 Å². The fraction of sp³-hybridized carbons (Fsp3) is 0.421. The van der Waals surface area contributed by atoms with Gasteiger partial charge in [0.1, 0.15) is 11.6 Å². The first-order valence-electron chi connectivity index (χ1n) is 8.59. The van der Waals surface area contributed by atoms with Gasteiger partial charge >= 0.3 is 5.97 Å². The molecule has 9 heteroatoms. The lowest BCUT2D eigenvalue weighted by Gasteiger charge is -2.21. The van der Waals surface area contributed by atoms with Gasteiger partial charge < -0.3 is 14.9 Å². The Morgan fingerprint density at radius 3 is 2.68 bits per heavy atom. The number of amides is 1. The number of nitrogens with zero attached hydrogens (tertiary/aromatic N) is 1. The number of rotatable bonds is 5. The Bertz CT molecular complexity index is 829. The average Bonchev–Trinajstić information content (AvgIpc) is 3.26. The molecule has 0 unspecified atom stereocenters. The molecule has 28 heavy (non-hydrogen) atoms. The Labute approximate surface area is 169 Å². The van der Waals surface area contributed by atoms with Gasteiger partial charge in [0, 0.05) is 31.6 Å². The Morgan fingerprint density at radius 2 is 2.04 bits per heavy atom. The van der Waals surface area contributed by atoms with Crippen LogP contribution in [0.15, 0.2) is 35.0 Å². The molecule has 6 nitrogen and oxygen atoms in total. The Balaban J connectivity index is 0.00000210. The molecule has 0 radical (unpaired) electrons. The lowest BCUT2D eigenvalue weighted by molar-refractivity contribution is -0.141. The average molecular weight is 414 g/mol. The van der Waals surface area contributed by atoms with Gasteiger partial charge in [0.15, 0.2) is 0 Å². The van der Waals surface area contributed by atoms with Gasteiger partial charge in [-0.15, -0.1) is 0 Å². The van der Waals surface area contributed by atoms with Gasteiger partial charge in [-0.1, -0.05) is 11.2 Å². The zero-order chi connectivity index (χ0) is 19.6. The number of hydrogen-bond donors (Lipinski definition) is 1. The summed E-state index contributed by atoms with van der Waals surface area (Å²) in [6, 6.07) is 3.06. The van der Waals surface area contributed by atoms with Crippen LogP contribution in [0.4, 0.5) is 8.78 Å². The molecular weight excluding hydrogens is 390 g/mol. The molecule has 1 amide bonds. The van der Waals surface area contributed by atoms with Crippen molar-refractivity contribution in [2.75, 3.05) is 13.7 Å². The number of halogens is 2. The highest BCUT2D eigenvalue weighted by Crippen LogP contribution is 2.28. The molecule has 0 fully saturated rings. The van der Waals surface area contributed by atoms with E-state index in [0.29, 0.717) is 24.3 Å². The second-order valence-corrected chi connectivity index (χ2v) is 6.89. The molecule has 2 atom stereocenters. The van der Waals surface area contributed by atoms with Crippen LogP contribution in [0.25, 0.3) is 0 Å². The maximum atomic E-state index is 13.4. The van der Waals surface area contributed by atoms with Crippen molar-refractivity contribution in [2.24, 2.45) is 11.1 Å². The molecule has 3 rings (SSSR count). The maximum Gasteiger partial charge on any atom is 0.333 e. The highest BCUT2D eigenvalue weighted by atomic mass is 32.1. The smallest absolute Gasteiger partial charge is 0.333 e. The molecule has 1 aliphatic heterocycles. The van der Waals surface area contributed by atoms with Crippen molar-refractivity contribution in [3.05, 3.63) is 47.0 Å². The third-order valence-electron chi connectivity index (χ3n) is 4.73. The van der Waals surface area contributed by atoms with Crippen LogP contribution in [-0.2, 0) is 19.2 Å². The highest BCUT2D eigenvalue weighted by Gasteiger charge is 2.42. The number of benzene rings is 1. The summed E-state index contributed by atoms with van der Waals surface area (Å²) in [5.74, 6) is -2.14. The minimum atomic E-state index is -1.26. The number of hydrogen-bond acceptors (Lipinski definition) is 5. The minimum Gasteiger partial charge on any atom is -0.466 e. The summed E-state index contributed by atoms with van der Waals surface area (Å²) in [6.07, 6.45) is 3.25. The first-order chi connectivity index (χ1) is 12.8. The van der Waals surface area contributed by atoms with Crippen molar-refractivity contribution in [3.63, 3.8) is 0 Å². The van der Waals surface area contributed by atoms with Crippen LogP contribution < -0.4 is 5.32 Å². The number of nitrogens with one attached hydrogen (secondary N) is 1. The fourth-order valence-electron chi connectivity index (χ4n) is 3.20. The van der Waals surface area contributed by atoms with Crippen LogP contribution in [0.2, 0.25) is 0 Å². The van der Waals surface area contributed by atoms with E-state index in [4.69, 9.17) is 9.57 Å². The summed E-state index contributed by atoms with van der Waals surface area (Å²) in [5.41, 5.74) is -0.102. The molecule has 1 aliphatic carbocycles. The van der Waals surface area contributed by atoms with E-state index in [0.717, 1.165) is 24.6 Å². The molecule has 0 saturated heterocycles. The molecule has 154 valence electrons. The predicted octanol–water partition coefficient (Wildman–Crippen LogP) is 2.83. The van der Waals surface area contributed by atoms with E-state index >= 15 is 0 Å². The monoisotopic (exact) mass is 414 g/mol. The van der Waals surface area contributed by atoms with Crippen molar-refractivity contribution in [1.82, 2.24) is 5.32 Å². The summed E-state index contributed by atoms with van der Waals surface area (Å²) in [7, 11) is 1.33. The van der Waals surface area contributed by atoms with Crippen LogP contribution in [0, 0.1) is 17.6 Å². The molecule has 1 aromatic rings. The quantitative estimate of drug-likeness (QED) is 0.752. The summed E-state index contributed by atoms with van der Waals surface area (Å²) < 4.78 is 31.5. The Morgan fingerprint density at radius 1 is 1.36 bits per heavy atom. The number of methoxy groups -OCH3 is 1. The highest BCUT2D eigenvalue weighted by molar-refractivity contribution is 7.59. The van der Waals surface area contributed by atoms with Gasteiger partial charge in [0.05, 0.1) is 12.8 Å². The normalized spacial score (nSPS) is 23.2. The number of esters is 1. The van der Waals surface area contributed by atoms with Gasteiger partial charge in [0.25, 0.3) is 5.91 Å². The summed E-state index contributed by atoms with van der Waals surface area (Å²) in [5, 5.41) is 6.64. The maximum absolute atomic E-state index is 13.4. The lowest BCUT2D eigenvalue weighted by Crippen LogP contribution is -2.46. The van der Waals surface area contributed by atoms with Crippen molar-refractivity contribution in [2.45, 2.75) is 31.8 Å². The second-order valence-electron chi connectivity index (χ2n) is 6.89. The third-order valence-corrected chi connectivity index (χ3v) is 4.73. The van der Waals surface area contributed by atoms with E-state index in [1.807, 2.05) is 0 Å². The number of carbonyl (C=O) groups is 2. The summed E-state index contributed by atoms with van der Waals surface area (Å²) >= 11 is 0. The van der Waals surface area contributed by atoms with Gasteiger partial charge in [-0.2, -0.15) is 13.5 Å². The largest absolute Gasteiger partial charge is 0.466 e. The second kappa shape index (κ2) is 8.72. The van der Waals surface area contributed by atoms with E-state index in [9.17, 15) is 18.4 Å². The standard InChI is InChI=1S/C19H20F2N2O4.H2S.H2/c1-19(9-16(23-27-19)13-6-14(20)8-15(21)7-13)18(25)22-10-11-3-4-12(5-11)17(24)26-2;;/h5-8,11H,3-4,9-10H2,1-2H3,(H,22,25);1H2;1H/t11-,19+;;/m0../s1.